The lowest BCUT2D eigenvalue weighted by atomic mass is 10.0. The van der Waals surface area contributed by atoms with E-state index in [0.29, 0.717) is 17.4 Å². The first-order valence-electron chi connectivity index (χ1n) is 6.23. The second-order valence-electron chi connectivity index (χ2n) is 4.74. The molecule has 2 heterocycles. The summed E-state index contributed by atoms with van der Waals surface area (Å²) in [4.78, 5) is 4.14. The molecule has 96 valence electrons. The van der Waals surface area contributed by atoms with Crippen LogP contribution >= 0.6 is 11.8 Å². The van der Waals surface area contributed by atoms with Crippen molar-refractivity contribution in [2.24, 2.45) is 5.92 Å². The first-order valence-corrected chi connectivity index (χ1v) is 7.39. The van der Waals surface area contributed by atoms with Gasteiger partial charge in [-0.1, -0.05) is 6.07 Å². The summed E-state index contributed by atoms with van der Waals surface area (Å²) in [7, 11) is 0. The van der Waals surface area contributed by atoms with E-state index in [4.69, 9.17) is 5.73 Å². The third kappa shape index (κ3) is 2.07. The van der Waals surface area contributed by atoms with E-state index >= 15 is 0 Å². The van der Waals surface area contributed by atoms with Crippen LogP contribution in [0.15, 0.2) is 18.2 Å². The van der Waals surface area contributed by atoms with Crippen LogP contribution < -0.4 is 5.73 Å². The minimum Gasteiger partial charge on any atom is -0.369 e. The van der Waals surface area contributed by atoms with Gasteiger partial charge >= 0.3 is 0 Å². The van der Waals surface area contributed by atoms with Crippen molar-refractivity contribution in [1.29, 1.82) is 0 Å². The summed E-state index contributed by atoms with van der Waals surface area (Å²) in [6.07, 6.45) is 2.41. The molecule has 5 heteroatoms. The Balaban J connectivity index is 1.95. The Hall–Kier alpha value is -1.23. The predicted octanol–water partition coefficient (Wildman–Crippen LogP) is 2.90. The number of para-hydroxylation sites is 1. The summed E-state index contributed by atoms with van der Waals surface area (Å²) in [6, 6.07) is 5.03. The highest BCUT2D eigenvalue weighted by molar-refractivity contribution is 7.99. The summed E-state index contributed by atoms with van der Waals surface area (Å²) in [5.41, 5.74) is 7.12. The first kappa shape index (κ1) is 11.8. The Morgan fingerprint density at radius 2 is 2.17 bits per heavy atom. The van der Waals surface area contributed by atoms with Gasteiger partial charge in [-0.3, -0.25) is 0 Å². The first-order chi connectivity index (χ1) is 8.75. The normalized spacial score (nSPS) is 17.4. The largest absolute Gasteiger partial charge is 0.369 e. The second kappa shape index (κ2) is 4.80. The smallest absolute Gasteiger partial charge is 0.201 e. The van der Waals surface area contributed by atoms with Crippen LogP contribution in [0.4, 0.5) is 10.3 Å². The van der Waals surface area contributed by atoms with Crippen LogP contribution in [0.25, 0.3) is 11.0 Å². The average molecular weight is 265 g/mol. The summed E-state index contributed by atoms with van der Waals surface area (Å²) in [6.45, 7) is 0.854. The summed E-state index contributed by atoms with van der Waals surface area (Å²) >= 11 is 2.01. The van der Waals surface area contributed by atoms with E-state index in [1.165, 1.54) is 30.4 Å². The SMILES string of the molecule is Nc1nc2c(F)cccc2n1CC1CCSCC1. The number of hydrogen-bond donors (Lipinski definition) is 1. The number of nitrogens with zero attached hydrogens (tertiary/aromatic N) is 2. The number of halogens is 1. The van der Waals surface area contributed by atoms with E-state index in [9.17, 15) is 4.39 Å². The molecular weight excluding hydrogens is 249 g/mol. The quantitative estimate of drug-likeness (QED) is 0.908. The number of aromatic nitrogens is 2. The Morgan fingerprint density at radius 1 is 1.39 bits per heavy atom. The number of nitrogens with two attached hydrogens (primary N) is 1. The highest BCUT2D eigenvalue weighted by atomic mass is 32.2. The maximum Gasteiger partial charge on any atom is 0.201 e. The summed E-state index contributed by atoms with van der Waals surface area (Å²) < 4.78 is 15.6. The van der Waals surface area contributed by atoms with Crippen molar-refractivity contribution in [3.05, 3.63) is 24.0 Å². The lowest BCUT2D eigenvalue weighted by Gasteiger charge is -2.22. The number of fused-ring (bicyclic) bond motifs is 1. The molecule has 0 saturated carbocycles. The van der Waals surface area contributed by atoms with E-state index in [1.807, 2.05) is 22.4 Å². The molecule has 0 atom stereocenters. The molecule has 1 aromatic heterocycles. The molecule has 18 heavy (non-hydrogen) atoms. The molecule has 1 fully saturated rings. The molecule has 0 aliphatic carbocycles. The van der Waals surface area contributed by atoms with Gasteiger partial charge in [0.25, 0.3) is 0 Å². The van der Waals surface area contributed by atoms with Crippen molar-refractivity contribution >= 4 is 28.7 Å². The van der Waals surface area contributed by atoms with E-state index in [0.717, 1.165) is 12.1 Å². The van der Waals surface area contributed by atoms with Gasteiger partial charge in [-0.25, -0.2) is 9.37 Å². The molecule has 1 aromatic carbocycles. The standard InChI is InChI=1S/C13H16FN3S/c14-10-2-1-3-11-12(10)16-13(15)17(11)8-9-4-6-18-7-5-9/h1-3,9H,4-8H2,(H2,15,16). The van der Waals surface area contributed by atoms with Crippen molar-refractivity contribution in [3.63, 3.8) is 0 Å². The number of benzene rings is 1. The number of anilines is 1. The van der Waals surface area contributed by atoms with Crippen molar-refractivity contribution in [2.45, 2.75) is 19.4 Å². The molecule has 1 aliphatic heterocycles. The van der Waals surface area contributed by atoms with Crippen LogP contribution in [-0.4, -0.2) is 21.1 Å². The maximum atomic E-state index is 13.6. The molecule has 2 N–H and O–H groups in total. The minimum atomic E-state index is -0.294. The van der Waals surface area contributed by atoms with Crippen molar-refractivity contribution in [3.8, 4) is 0 Å². The van der Waals surface area contributed by atoms with Gasteiger partial charge in [0, 0.05) is 6.54 Å². The predicted molar refractivity (Wildman–Crippen MR) is 74.2 cm³/mol. The van der Waals surface area contributed by atoms with Gasteiger partial charge in [0.1, 0.15) is 5.52 Å². The van der Waals surface area contributed by atoms with Gasteiger partial charge in [0.2, 0.25) is 5.95 Å². The molecule has 1 saturated heterocycles. The maximum absolute atomic E-state index is 13.6. The molecule has 2 aromatic rings. The average Bonchev–Trinajstić information content (AvgIpc) is 2.70. The zero-order valence-corrected chi connectivity index (χ0v) is 10.9. The van der Waals surface area contributed by atoms with Crippen LogP contribution in [0, 0.1) is 11.7 Å². The zero-order valence-electron chi connectivity index (χ0n) is 10.1. The topological polar surface area (TPSA) is 43.8 Å². The van der Waals surface area contributed by atoms with Crippen LogP contribution in [0.3, 0.4) is 0 Å². The summed E-state index contributed by atoms with van der Waals surface area (Å²) in [5.74, 6) is 3.19. The van der Waals surface area contributed by atoms with Gasteiger partial charge in [-0.2, -0.15) is 11.8 Å². The monoisotopic (exact) mass is 265 g/mol. The highest BCUT2D eigenvalue weighted by Gasteiger charge is 2.18. The van der Waals surface area contributed by atoms with Crippen LogP contribution in [-0.2, 0) is 6.54 Å². The van der Waals surface area contributed by atoms with Crippen LogP contribution in [0.1, 0.15) is 12.8 Å². The van der Waals surface area contributed by atoms with Crippen molar-refractivity contribution in [1.82, 2.24) is 9.55 Å². The second-order valence-corrected chi connectivity index (χ2v) is 5.97. The van der Waals surface area contributed by atoms with E-state index < -0.39 is 0 Å². The van der Waals surface area contributed by atoms with Gasteiger partial charge in [0.15, 0.2) is 5.82 Å². The van der Waals surface area contributed by atoms with Crippen molar-refractivity contribution in [2.75, 3.05) is 17.2 Å². The van der Waals surface area contributed by atoms with Gasteiger partial charge in [0.05, 0.1) is 5.52 Å². The van der Waals surface area contributed by atoms with Crippen LogP contribution in [0.5, 0.6) is 0 Å². The third-order valence-electron chi connectivity index (χ3n) is 3.54. The molecular formula is C13H16FN3S. The Bertz CT molecular complexity index is 561. The fraction of sp³-hybridized carbons (Fsp3) is 0.462. The Kier molecular flexibility index (Phi) is 3.16. The lowest BCUT2D eigenvalue weighted by Crippen LogP contribution is -2.17. The fourth-order valence-corrected chi connectivity index (χ4v) is 3.71. The molecule has 3 rings (SSSR count). The number of rotatable bonds is 2. The molecule has 0 unspecified atom stereocenters. The van der Waals surface area contributed by atoms with Gasteiger partial charge in [-0.05, 0) is 42.4 Å². The molecule has 0 radical (unpaired) electrons. The van der Waals surface area contributed by atoms with Gasteiger partial charge in [-0.15, -0.1) is 0 Å². The van der Waals surface area contributed by atoms with E-state index in [1.54, 1.807) is 6.07 Å². The molecule has 0 spiro atoms. The van der Waals surface area contributed by atoms with Crippen molar-refractivity contribution < 1.29 is 4.39 Å². The lowest BCUT2D eigenvalue weighted by molar-refractivity contribution is 0.425. The fourth-order valence-electron chi connectivity index (χ4n) is 2.51. The molecule has 3 nitrogen and oxygen atoms in total. The third-order valence-corrected chi connectivity index (χ3v) is 4.59. The Labute approximate surface area is 110 Å². The number of imidazole rings is 1. The van der Waals surface area contributed by atoms with E-state index in [-0.39, 0.29) is 5.82 Å². The highest BCUT2D eigenvalue weighted by Crippen LogP contribution is 2.27. The Morgan fingerprint density at radius 3 is 2.94 bits per heavy atom. The summed E-state index contributed by atoms with van der Waals surface area (Å²) in [5, 5.41) is 0. The molecule has 0 amide bonds. The molecule has 1 aliphatic rings. The molecule has 0 bridgehead atoms. The van der Waals surface area contributed by atoms with Gasteiger partial charge < -0.3 is 10.3 Å². The minimum absolute atomic E-state index is 0.294. The number of nitrogen functional groups attached to an aromatic ring is 1. The number of hydrogen-bond acceptors (Lipinski definition) is 3. The zero-order chi connectivity index (χ0) is 12.5. The van der Waals surface area contributed by atoms with E-state index in [2.05, 4.69) is 4.98 Å². The number of thioether (sulfide) groups is 1. The van der Waals surface area contributed by atoms with Crippen LogP contribution in [0.2, 0.25) is 0 Å².